The third-order valence-corrected chi connectivity index (χ3v) is 7.85. The normalized spacial score (nSPS) is 11.2. The second kappa shape index (κ2) is 10.1. The van der Waals surface area contributed by atoms with E-state index in [-0.39, 0.29) is 5.56 Å². The van der Waals surface area contributed by atoms with E-state index in [4.69, 9.17) is 9.72 Å². The summed E-state index contributed by atoms with van der Waals surface area (Å²) >= 11 is 3.05. The van der Waals surface area contributed by atoms with E-state index in [0.29, 0.717) is 22.2 Å². The quantitative estimate of drug-likeness (QED) is 0.135. The summed E-state index contributed by atoms with van der Waals surface area (Å²) in [4.78, 5) is 19.8. The van der Waals surface area contributed by atoms with Gasteiger partial charge in [-0.05, 0) is 61.7 Å². The lowest BCUT2D eigenvalue weighted by Crippen LogP contribution is -2.22. The highest BCUT2D eigenvalue weighted by Gasteiger charge is 2.18. The van der Waals surface area contributed by atoms with Gasteiger partial charge in [-0.3, -0.25) is 9.36 Å². The fraction of sp³-hybridized carbons (Fsp3) is 0.172. The Balaban J connectivity index is 1.52. The van der Waals surface area contributed by atoms with Crippen LogP contribution in [0.15, 0.2) is 88.8 Å². The summed E-state index contributed by atoms with van der Waals surface area (Å²) < 4.78 is 8.36. The Morgan fingerprint density at radius 2 is 1.66 bits per heavy atom. The first kappa shape index (κ1) is 23.4. The molecule has 0 fully saturated rings. The van der Waals surface area contributed by atoms with E-state index in [1.807, 2.05) is 62.4 Å². The molecule has 0 bridgehead atoms. The first-order valence-electron chi connectivity index (χ1n) is 11.5. The van der Waals surface area contributed by atoms with E-state index in [1.54, 1.807) is 16.3 Å². The van der Waals surface area contributed by atoms with Crippen LogP contribution in [-0.4, -0.2) is 21.9 Å². The molecule has 0 saturated heterocycles. The average molecular weight is 499 g/mol. The summed E-state index contributed by atoms with van der Waals surface area (Å²) in [6, 6.07) is 26.4. The van der Waals surface area contributed by atoms with Crippen LogP contribution in [0, 0.1) is 20.8 Å². The molecule has 4 nitrogen and oxygen atoms in total. The number of aryl methyl sites for hydroxylation is 3. The minimum atomic E-state index is -0.0298. The number of hydrogen-bond donors (Lipinski definition) is 0. The molecule has 0 amide bonds. The largest absolute Gasteiger partial charge is 0.493 e. The fourth-order valence-corrected chi connectivity index (χ4v) is 5.76. The zero-order valence-electron chi connectivity index (χ0n) is 19.9. The molecule has 0 atom stereocenters. The van der Waals surface area contributed by atoms with Crippen molar-refractivity contribution in [2.24, 2.45) is 0 Å². The maximum Gasteiger partial charge on any atom is 0.276 e. The standard InChI is InChI=1S/C29H26N2O2S2/c1-19-10-13-23(14-11-19)33-15-16-34-29-30-24-18-26(22-7-5-4-6-8-22)35-27(24)28(32)31(29)25-17-20(2)9-12-21(25)3/h4-14,17-18H,15-16H2,1-3H3. The Bertz CT molecular complexity index is 1540. The van der Waals surface area contributed by atoms with Gasteiger partial charge in [0.1, 0.15) is 10.4 Å². The van der Waals surface area contributed by atoms with Gasteiger partial charge in [-0.1, -0.05) is 71.9 Å². The number of thiophene rings is 1. The Labute approximate surface area is 213 Å². The first-order valence-corrected chi connectivity index (χ1v) is 13.3. The molecule has 0 spiro atoms. The van der Waals surface area contributed by atoms with Gasteiger partial charge >= 0.3 is 0 Å². The van der Waals surface area contributed by atoms with Gasteiger partial charge in [0.15, 0.2) is 5.16 Å². The lowest BCUT2D eigenvalue weighted by molar-refractivity contribution is 0.344. The molecule has 5 rings (SSSR count). The minimum absolute atomic E-state index is 0.0298. The number of benzene rings is 3. The first-order chi connectivity index (χ1) is 17.0. The van der Waals surface area contributed by atoms with E-state index in [1.165, 1.54) is 16.9 Å². The molecule has 0 aliphatic carbocycles. The summed E-state index contributed by atoms with van der Waals surface area (Å²) in [7, 11) is 0. The highest BCUT2D eigenvalue weighted by molar-refractivity contribution is 7.99. The van der Waals surface area contributed by atoms with Gasteiger partial charge in [0.2, 0.25) is 0 Å². The molecule has 0 N–H and O–H groups in total. The van der Waals surface area contributed by atoms with Crippen LogP contribution < -0.4 is 10.3 Å². The summed E-state index contributed by atoms with van der Waals surface area (Å²) in [6.45, 7) is 6.65. The number of rotatable bonds is 7. The van der Waals surface area contributed by atoms with Crippen molar-refractivity contribution in [1.29, 1.82) is 0 Å². The summed E-state index contributed by atoms with van der Waals surface area (Å²) in [5, 5.41) is 0.682. The average Bonchev–Trinajstić information content (AvgIpc) is 3.30. The van der Waals surface area contributed by atoms with Crippen molar-refractivity contribution in [2.45, 2.75) is 25.9 Å². The topological polar surface area (TPSA) is 44.1 Å². The predicted octanol–water partition coefficient (Wildman–Crippen LogP) is 7.21. The van der Waals surface area contributed by atoms with Crippen LogP contribution in [0.2, 0.25) is 0 Å². The van der Waals surface area contributed by atoms with Crippen molar-refractivity contribution in [3.8, 4) is 21.9 Å². The SMILES string of the molecule is Cc1ccc(OCCSc2nc3cc(-c4ccccc4)sc3c(=O)n2-c2cc(C)ccc2C)cc1. The summed E-state index contributed by atoms with van der Waals surface area (Å²) in [5.74, 6) is 1.52. The van der Waals surface area contributed by atoms with Gasteiger partial charge in [0, 0.05) is 10.6 Å². The molecular weight excluding hydrogens is 472 g/mol. The third kappa shape index (κ3) is 5.04. The molecule has 5 aromatic rings. The van der Waals surface area contributed by atoms with Crippen molar-refractivity contribution in [3.05, 3.63) is 106 Å². The number of ether oxygens (including phenoxy) is 1. The molecule has 0 aliphatic rings. The number of aromatic nitrogens is 2. The lowest BCUT2D eigenvalue weighted by atomic mass is 10.1. The maximum atomic E-state index is 13.8. The Hall–Kier alpha value is -3.35. The van der Waals surface area contributed by atoms with E-state index in [2.05, 4.69) is 37.3 Å². The molecule has 0 unspecified atom stereocenters. The lowest BCUT2D eigenvalue weighted by Gasteiger charge is -2.15. The van der Waals surface area contributed by atoms with E-state index >= 15 is 0 Å². The van der Waals surface area contributed by atoms with Crippen LogP contribution in [0.4, 0.5) is 0 Å². The minimum Gasteiger partial charge on any atom is -0.493 e. The van der Waals surface area contributed by atoms with E-state index in [9.17, 15) is 4.79 Å². The molecular formula is C29H26N2O2S2. The van der Waals surface area contributed by atoms with E-state index in [0.717, 1.165) is 38.5 Å². The van der Waals surface area contributed by atoms with E-state index < -0.39 is 0 Å². The number of fused-ring (bicyclic) bond motifs is 1. The molecule has 176 valence electrons. The van der Waals surface area contributed by atoms with Gasteiger partial charge in [-0.15, -0.1) is 11.3 Å². The monoisotopic (exact) mass is 498 g/mol. The van der Waals surface area contributed by atoms with Crippen LogP contribution in [0.1, 0.15) is 16.7 Å². The molecule has 6 heteroatoms. The van der Waals surface area contributed by atoms with Crippen LogP contribution >= 0.6 is 23.1 Å². The molecule has 3 aromatic carbocycles. The van der Waals surface area contributed by atoms with Crippen LogP contribution in [0.5, 0.6) is 5.75 Å². The zero-order valence-corrected chi connectivity index (χ0v) is 21.6. The van der Waals surface area contributed by atoms with Gasteiger partial charge in [-0.25, -0.2) is 4.98 Å². The highest BCUT2D eigenvalue weighted by atomic mass is 32.2. The molecule has 35 heavy (non-hydrogen) atoms. The van der Waals surface area contributed by atoms with Crippen LogP contribution in [0.25, 0.3) is 26.3 Å². The second-order valence-electron chi connectivity index (χ2n) is 8.53. The van der Waals surface area contributed by atoms with Crippen LogP contribution in [-0.2, 0) is 0 Å². The van der Waals surface area contributed by atoms with Crippen molar-refractivity contribution in [3.63, 3.8) is 0 Å². The summed E-state index contributed by atoms with van der Waals surface area (Å²) in [5.41, 5.74) is 6.02. The van der Waals surface area contributed by atoms with Gasteiger partial charge < -0.3 is 4.74 Å². The van der Waals surface area contributed by atoms with Crippen molar-refractivity contribution < 1.29 is 4.74 Å². The molecule has 0 saturated carbocycles. The van der Waals surface area contributed by atoms with Crippen molar-refractivity contribution in [2.75, 3.05) is 12.4 Å². The van der Waals surface area contributed by atoms with Crippen molar-refractivity contribution >= 4 is 33.3 Å². The maximum absolute atomic E-state index is 13.8. The highest BCUT2D eigenvalue weighted by Crippen LogP contribution is 2.33. The molecule has 0 aliphatic heterocycles. The smallest absolute Gasteiger partial charge is 0.276 e. The third-order valence-electron chi connectivity index (χ3n) is 5.79. The fourth-order valence-electron chi connectivity index (χ4n) is 3.90. The van der Waals surface area contributed by atoms with Gasteiger partial charge in [0.05, 0.1) is 17.8 Å². The van der Waals surface area contributed by atoms with Crippen LogP contribution in [0.3, 0.4) is 0 Å². The molecule has 2 heterocycles. The predicted molar refractivity (Wildman–Crippen MR) is 148 cm³/mol. The Morgan fingerprint density at radius 3 is 2.43 bits per heavy atom. The number of hydrogen-bond acceptors (Lipinski definition) is 5. The Morgan fingerprint density at radius 1 is 0.914 bits per heavy atom. The molecule has 0 radical (unpaired) electrons. The second-order valence-corrected chi connectivity index (χ2v) is 10.6. The summed E-state index contributed by atoms with van der Waals surface area (Å²) in [6.07, 6.45) is 0. The Kier molecular flexibility index (Phi) is 6.75. The van der Waals surface area contributed by atoms with Crippen molar-refractivity contribution in [1.82, 2.24) is 9.55 Å². The van der Waals surface area contributed by atoms with Gasteiger partial charge in [-0.2, -0.15) is 0 Å². The number of nitrogens with zero attached hydrogens (tertiary/aromatic N) is 2. The van der Waals surface area contributed by atoms with Gasteiger partial charge in [0.25, 0.3) is 5.56 Å². The zero-order chi connectivity index (χ0) is 24.4. The molecule has 2 aromatic heterocycles. The number of thioether (sulfide) groups is 1.